The van der Waals surface area contributed by atoms with E-state index >= 15 is 0 Å². The molecule has 1 fully saturated rings. The van der Waals surface area contributed by atoms with E-state index in [-0.39, 0.29) is 6.04 Å². The summed E-state index contributed by atoms with van der Waals surface area (Å²) in [5.74, 6) is 0.462. The van der Waals surface area contributed by atoms with E-state index in [0.717, 1.165) is 47.5 Å². The van der Waals surface area contributed by atoms with Gasteiger partial charge in [-0.1, -0.05) is 33.6 Å². The Balaban J connectivity index is 1.99. The van der Waals surface area contributed by atoms with Gasteiger partial charge in [0.25, 0.3) is 0 Å². The summed E-state index contributed by atoms with van der Waals surface area (Å²) in [7, 11) is 0. The van der Waals surface area contributed by atoms with Gasteiger partial charge in [0.15, 0.2) is 0 Å². The SMILES string of the molecule is NC(Cc1ccc(Br)cc1Cl)C1CCCOC1. The molecule has 0 aromatic heterocycles. The van der Waals surface area contributed by atoms with Gasteiger partial charge in [-0.2, -0.15) is 0 Å². The molecular weight excluding hydrogens is 302 g/mol. The molecule has 1 aliphatic rings. The van der Waals surface area contributed by atoms with Crippen molar-refractivity contribution < 1.29 is 4.74 Å². The van der Waals surface area contributed by atoms with Crippen LogP contribution in [0.1, 0.15) is 18.4 Å². The Hall–Kier alpha value is -0.0900. The van der Waals surface area contributed by atoms with Gasteiger partial charge in [0.2, 0.25) is 0 Å². The normalized spacial score (nSPS) is 22.4. The fraction of sp³-hybridized carbons (Fsp3) is 0.538. The smallest absolute Gasteiger partial charge is 0.0509 e. The third-order valence-electron chi connectivity index (χ3n) is 3.27. The van der Waals surface area contributed by atoms with Crippen LogP contribution in [0.4, 0.5) is 0 Å². The molecule has 2 nitrogen and oxygen atoms in total. The average Bonchev–Trinajstić information content (AvgIpc) is 2.34. The zero-order valence-corrected chi connectivity index (χ0v) is 12.0. The Morgan fingerprint density at radius 1 is 1.53 bits per heavy atom. The van der Waals surface area contributed by atoms with Crippen LogP contribution in [0.3, 0.4) is 0 Å². The molecule has 0 spiro atoms. The third kappa shape index (κ3) is 3.68. The molecule has 2 unspecified atom stereocenters. The lowest BCUT2D eigenvalue weighted by Crippen LogP contribution is -2.37. The third-order valence-corrected chi connectivity index (χ3v) is 4.12. The molecule has 1 aromatic rings. The van der Waals surface area contributed by atoms with E-state index in [1.165, 1.54) is 0 Å². The molecule has 17 heavy (non-hydrogen) atoms. The van der Waals surface area contributed by atoms with Crippen LogP contribution in [-0.4, -0.2) is 19.3 Å². The molecule has 1 aliphatic heterocycles. The minimum Gasteiger partial charge on any atom is -0.381 e. The molecule has 94 valence electrons. The van der Waals surface area contributed by atoms with Crippen LogP contribution >= 0.6 is 27.5 Å². The Labute approximate surface area is 116 Å². The number of halogens is 2. The van der Waals surface area contributed by atoms with Gasteiger partial charge in [-0.15, -0.1) is 0 Å². The number of hydrogen-bond donors (Lipinski definition) is 1. The highest BCUT2D eigenvalue weighted by molar-refractivity contribution is 9.10. The first-order chi connectivity index (χ1) is 8.16. The van der Waals surface area contributed by atoms with E-state index in [2.05, 4.69) is 15.9 Å². The first-order valence-electron chi connectivity index (χ1n) is 5.94. The second-order valence-electron chi connectivity index (χ2n) is 4.58. The first kappa shape index (κ1) is 13.3. The quantitative estimate of drug-likeness (QED) is 0.927. The van der Waals surface area contributed by atoms with Gasteiger partial charge < -0.3 is 10.5 Å². The highest BCUT2D eigenvalue weighted by atomic mass is 79.9. The van der Waals surface area contributed by atoms with Crippen LogP contribution < -0.4 is 5.73 Å². The topological polar surface area (TPSA) is 35.2 Å². The molecule has 0 aliphatic carbocycles. The van der Waals surface area contributed by atoms with Gasteiger partial charge in [-0.3, -0.25) is 0 Å². The van der Waals surface area contributed by atoms with Crippen molar-refractivity contribution in [3.05, 3.63) is 33.3 Å². The molecule has 2 rings (SSSR count). The minimum atomic E-state index is 0.133. The fourth-order valence-electron chi connectivity index (χ4n) is 2.21. The molecule has 1 aromatic carbocycles. The van der Waals surface area contributed by atoms with Gasteiger partial charge >= 0.3 is 0 Å². The fourth-order valence-corrected chi connectivity index (χ4v) is 2.96. The molecule has 0 radical (unpaired) electrons. The second-order valence-corrected chi connectivity index (χ2v) is 5.90. The Morgan fingerprint density at radius 3 is 3.00 bits per heavy atom. The van der Waals surface area contributed by atoms with Gasteiger partial charge in [-0.05, 0) is 42.9 Å². The van der Waals surface area contributed by atoms with Gasteiger partial charge in [0, 0.05) is 22.1 Å². The maximum Gasteiger partial charge on any atom is 0.0509 e. The van der Waals surface area contributed by atoms with E-state index in [1.54, 1.807) is 0 Å². The van der Waals surface area contributed by atoms with E-state index in [4.69, 9.17) is 22.1 Å². The molecule has 4 heteroatoms. The number of hydrogen-bond acceptors (Lipinski definition) is 2. The van der Waals surface area contributed by atoms with Crippen LogP contribution in [0.2, 0.25) is 5.02 Å². The van der Waals surface area contributed by atoms with Gasteiger partial charge in [-0.25, -0.2) is 0 Å². The average molecular weight is 319 g/mol. The van der Waals surface area contributed by atoms with Crippen LogP contribution in [-0.2, 0) is 11.2 Å². The van der Waals surface area contributed by atoms with Crippen molar-refractivity contribution in [2.75, 3.05) is 13.2 Å². The summed E-state index contributed by atoms with van der Waals surface area (Å²) in [5, 5.41) is 0.784. The highest BCUT2D eigenvalue weighted by Crippen LogP contribution is 2.25. The number of ether oxygens (including phenoxy) is 1. The van der Waals surface area contributed by atoms with Crippen molar-refractivity contribution in [1.82, 2.24) is 0 Å². The number of nitrogens with two attached hydrogens (primary N) is 1. The van der Waals surface area contributed by atoms with E-state index in [9.17, 15) is 0 Å². The van der Waals surface area contributed by atoms with E-state index in [1.807, 2.05) is 18.2 Å². The summed E-state index contributed by atoms with van der Waals surface area (Å²) in [4.78, 5) is 0. The zero-order chi connectivity index (χ0) is 12.3. The number of rotatable bonds is 3. The number of benzene rings is 1. The summed E-state index contributed by atoms with van der Waals surface area (Å²) in [6, 6.07) is 6.09. The molecule has 0 bridgehead atoms. The van der Waals surface area contributed by atoms with Crippen molar-refractivity contribution in [3.8, 4) is 0 Å². The summed E-state index contributed by atoms with van der Waals surface area (Å²) >= 11 is 9.60. The standard InChI is InChI=1S/C13H17BrClNO/c14-11-4-3-9(12(15)7-11)6-13(16)10-2-1-5-17-8-10/h3-4,7,10,13H,1-2,5-6,8,16H2. The minimum absolute atomic E-state index is 0.133. The highest BCUT2D eigenvalue weighted by Gasteiger charge is 2.21. The summed E-state index contributed by atoms with van der Waals surface area (Å²) < 4.78 is 6.47. The molecule has 0 saturated carbocycles. The maximum absolute atomic E-state index is 6.24. The molecule has 1 saturated heterocycles. The molecular formula is C13H17BrClNO. The zero-order valence-electron chi connectivity index (χ0n) is 9.66. The van der Waals surface area contributed by atoms with Crippen LogP contribution in [0.25, 0.3) is 0 Å². The molecule has 0 amide bonds. The Bertz CT molecular complexity index is 380. The molecule has 1 heterocycles. The Morgan fingerprint density at radius 2 is 2.35 bits per heavy atom. The molecule has 2 N–H and O–H groups in total. The van der Waals surface area contributed by atoms with Crippen LogP contribution in [0.5, 0.6) is 0 Å². The van der Waals surface area contributed by atoms with Crippen molar-refractivity contribution in [2.45, 2.75) is 25.3 Å². The molecule has 2 atom stereocenters. The summed E-state index contributed by atoms with van der Waals surface area (Å²) in [6.07, 6.45) is 3.10. The first-order valence-corrected chi connectivity index (χ1v) is 7.11. The lowest BCUT2D eigenvalue weighted by atomic mass is 9.90. The van der Waals surface area contributed by atoms with Crippen molar-refractivity contribution in [3.63, 3.8) is 0 Å². The predicted molar refractivity (Wildman–Crippen MR) is 74.4 cm³/mol. The van der Waals surface area contributed by atoms with Gasteiger partial charge in [0.1, 0.15) is 0 Å². The summed E-state index contributed by atoms with van der Waals surface area (Å²) in [6.45, 7) is 1.66. The van der Waals surface area contributed by atoms with E-state index < -0.39 is 0 Å². The lowest BCUT2D eigenvalue weighted by molar-refractivity contribution is 0.0450. The van der Waals surface area contributed by atoms with Crippen LogP contribution in [0.15, 0.2) is 22.7 Å². The monoisotopic (exact) mass is 317 g/mol. The van der Waals surface area contributed by atoms with E-state index in [0.29, 0.717) is 5.92 Å². The van der Waals surface area contributed by atoms with Crippen molar-refractivity contribution >= 4 is 27.5 Å². The predicted octanol–water partition coefficient (Wildman–Crippen LogP) is 3.40. The van der Waals surface area contributed by atoms with Gasteiger partial charge in [0.05, 0.1) is 6.61 Å². The largest absolute Gasteiger partial charge is 0.381 e. The summed E-state index contributed by atoms with van der Waals surface area (Å²) in [5.41, 5.74) is 7.36. The van der Waals surface area contributed by atoms with Crippen molar-refractivity contribution in [2.24, 2.45) is 11.7 Å². The van der Waals surface area contributed by atoms with Crippen LogP contribution in [0, 0.1) is 5.92 Å². The maximum atomic E-state index is 6.24. The van der Waals surface area contributed by atoms with Crippen molar-refractivity contribution in [1.29, 1.82) is 0 Å². The lowest BCUT2D eigenvalue weighted by Gasteiger charge is -2.27. The Kier molecular flexibility index (Phi) is 4.86. The second kappa shape index (κ2) is 6.19.